The lowest BCUT2D eigenvalue weighted by molar-refractivity contribution is 0.414. The average molecular weight is 300 g/mol. The number of hydrogen-bond donors (Lipinski definition) is 1. The molecule has 0 heterocycles. The lowest BCUT2D eigenvalue weighted by Crippen LogP contribution is -1.93. The van der Waals surface area contributed by atoms with Crippen LogP contribution in [0.5, 0.6) is 11.5 Å². The number of rotatable bonds is 2. The minimum atomic E-state index is -0.632. The van der Waals surface area contributed by atoms with Crippen molar-refractivity contribution in [3.63, 3.8) is 0 Å². The lowest BCUT2D eigenvalue weighted by Gasteiger charge is -2.08. The van der Waals surface area contributed by atoms with E-state index in [-0.39, 0.29) is 17.2 Å². The van der Waals surface area contributed by atoms with Crippen LogP contribution in [0.2, 0.25) is 0 Å². The van der Waals surface area contributed by atoms with Crippen LogP contribution in [0.1, 0.15) is 0 Å². The van der Waals surface area contributed by atoms with Gasteiger partial charge in [0.25, 0.3) is 0 Å². The van der Waals surface area contributed by atoms with Crippen LogP contribution in [0.4, 0.5) is 14.5 Å². The highest BCUT2D eigenvalue weighted by molar-refractivity contribution is 9.10. The second kappa shape index (κ2) is 4.71. The molecule has 0 saturated carbocycles. The van der Waals surface area contributed by atoms with Gasteiger partial charge >= 0.3 is 0 Å². The smallest absolute Gasteiger partial charge is 0.167 e. The predicted molar refractivity (Wildman–Crippen MR) is 65.0 cm³/mol. The fourth-order valence-electron chi connectivity index (χ4n) is 1.28. The van der Waals surface area contributed by atoms with Crippen molar-refractivity contribution in [2.75, 3.05) is 5.73 Å². The first-order valence-corrected chi connectivity index (χ1v) is 5.53. The zero-order chi connectivity index (χ0) is 12.4. The number of halogens is 3. The van der Waals surface area contributed by atoms with Crippen LogP contribution in [0.25, 0.3) is 0 Å². The van der Waals surface area contributed by atoms with Crippen molar-refractivity contribution in [1.82, 2.24) is 0 Å². The Morgan fingerprint density at radius 2 is 1.53 bits per heavy atom. The molecule has 0 atom stereocenters. The maximum atomic E-state index is 13.4. The highest BCUT2D eigenvalue weighted by Crippen LogP contribution is 2.29. The second-order valence-corrected chi connectivity index (χ2v) is 4.28. The van der Waals surface area contributed by atoms with E-state index in [1.54, 1.807) is 6.07 Å². The molecular weight excluding hydrogens is 292 g/mol. The van der Waals surface area contributed by atoms with Gasteiger partial charge in [-0.3, -0.25) is 0 Å². The van der Waals surface area contributed by atoms with Crippen molar-refractivity contribution >= 4 is 21.6 Å². The molecule has 2 nitrogen and oxygen atoms in total. The van der Waals surface area contributed by atoms with E-state index in [9.17, 15) is 8.78 Å². The van der Waals surface area contributed by atoms with E-state index in [4.69, 9.17) is 10.5 Å². The number of ether oxygens (including phenoxy) is 1. The van der Waals surface area contributed by atoms with Crippen LogP contribution >= 0.6 is 15.9 Å². The summed E-state index contributed by atoms with van der Waals surface area (Å²) < 4.78 is 32.6. The number of anilines is 1. The first-order valence-electron chi connectivity index (χ1n) is 4.74. The molecule has 0 aliphatic heterocycles. The number of hydrogen-bond acceptors (Lipinski definition) is 2. The average Bonchev–Trinajstić information content (AvgIpc) is 2.25. The molecule has 5 heteroatoms. The molecule has 0 aliphatic rings. The fourth-order valence-corrected chi connectivity index (χ4v) is 1.61. The summed E-state index contributed by atoms with van der Waals surface area (Å²) in [6, 6.07) is 8.21. The third-order valence-corrected chi connectivity index (χ3v) is 2.56. The topological polar surface area (TPSA) is 35.2 Å². The minimum absolute atomic E-state index is 0.0446. The Hall–Kier alpha value is -1.62. The van der Waals surface area contributed by atoms with E-state index >= 15 is 0 Å². The third kappa shape index (κ3) is 2.74. The number of nitrogen functional groups attached to an aromatic ring is 1. The zero-order valence-electron chi connectivity index (χ0n) is 8.58. The van der Waals surface area contributed by atoms with Crippen LogP contribution < -0.4 is 10.5 Å². The quantitative estimate of drug-likeness (QED) is 0.847. The molecule has 0 amide bonds. The van der Waals surface area contributed by atoms with Crippen molar-refractivity contribution in [1.29, 1.82) is 0 Å². The zero-order valence-corrected chi connectivity index (χ0v) is 10.2. The molecular formula is C12H8BrF2NO. The molecule has 0 saturated heterocycles. The molecule has 0 bridgehead atoms. The largest absolute Gasteiger partial charge is 0.451 e. The Bertz CT molecular complexity index is 511. The van der Waals surface area contributed by atoms with E-state index < -0.39 is 11.6 Å². The summed E-state index contributed by atoms with van der Waals surface area (Å²) in [7, 11) is 0. The molecule has 17 heavy (non-hydrogen) atoms. The van der Waals surface area contributed by atoms with Crippen molar-refractivity contribution < 1.29 is 13.5 Å². The van der Waals surface area contributed by atoms with Gasteiger partial charge in [0.2, 0.25) is 0 Å². The molecule has 0 spiro atoms. The van der Waals surface area contributed by atoms with E-state index in [1.807, 2.05) is 0 Å². The Labute approximate surface area is 105 Å². The second-order valence-electron chi connectivity index (χ2n) is 3.37. The van der Waals surface area contributed by atoms with Gasteiger partial charge < -0.3 is 10.5 Å². The fraction of sp³-hybridized carbons (Fsp3) is 0. The Morgan fingerprint density at radius 1 is 0.941 bits per heavy atom. The summed E-state index contributed by atoms with van der Waals surface area (Å²) in [4.78, 5) is 0. The van der Waals surface area contributed by atoms with Crippen molar-refractivity contribution in [3.05, 3.63) is 52.5 Å². The van der Waals surface area contributed by atoms with Crippen molar-refractivity contribution in [3.8, 4) is 11.5 Å². The molecule has 88 valence electrons. The maximum absolute atomic E-state index is 13.4. The molecule has 0 unspecified atom stereocenters. The van der Waals surface area contributed by atoms with Crippen molar-refractivity contribution in [2.24, 2.45) is 0 Å². The Morgan fingerprint density at radius 3 is 2.12 bits per heavy atom. The van der Waals surface area contributed by atoms with E-state index in [0.29, 0.717) is 4.47 Å². The van der Waals surface area contributed by atoms with Crippen molar-refractivity contribution in [2.45, 2.75) is 0 Å². The van der Waals surface area contributed by atoms with Crippen LogP contribution in [0.15, 0.2) is 40.9 Å². The van der Waals surface area contributed by atoms with Crippen LogP contribution in [-0.4, -0.2) is 0 Å². The van der Waals surface area contributed by atoms with Gasteiger partial charge in [-0.1, -0.05) is 15.9 Å². The molecule has 2 aromatic carbocycles. The van der Waals surface area contributed by atoms with Gasteiger partial charge in [-0.15, -0.1) is 0 Å². The van der Waals surface area contributed by atoms with Gasteiger partial charge in [-0.2, -0.15) is 0 Å². The van der Waals surface area contributed by atoms with Gasteiger partial charge in [-0.05, 0) is 30.3 Å². The summed E-state index contributed by atoms with van der Waals surface area (Å²) >= 11 is 3.12. The highest BCUT2D eigenvalue weighted by atomic mass is 79.9. The molecule has 2 rings (SSSR count). The van der Waals surface area contributed by atoms with E-state index in [0.717, 1.165) is 6.07 Å². The third-order valence-electron chi connectivity index (χ3n) is 2.07. The summed E-state index contributed by atoms with van der Waals surface area (Å²) in [6.07, 6.45) is 0. The van der Waals surface area contributed by atoms with Gasteiger partial charge in [0, 0.05) is 16.2 Å². The van der Waals surface area contributed by atoms with Gasteiger partial charge in [0.15, 0.2) is 23.1 Å². The lowest BCUT2D eigenvalue weighted by atomic mass is 10.3. The Kier molecular flexibility index (Phi) is 3.28. The molecule has 0 aliphatic carbocycles. The SMILES string of the molecule is Nc1ccc(Oc2ccc(Br)cc2F)c(F)c1. The number of benzene rings is 2. The first-order chi connectivity index (χ1) is 8.06. The summed E-state index contributed by atoms with van der Waals surface area (Å²) in [5.74, 6) is -1.32. The summed E-state index contributed by atoms with van der Waals surface area (Å²) in [5, 5.41) is 0. The Balaban J connectivity index is 2.31. The monoisotopic (exact) mass is 299 g/mol. The number of nitrogens with two attached hydrogens (primary N) is 1. The summed E-state index contributed by atoms with van der Waals surface area (Å²) in [5.41, 5.74) is 5.68. The normalized spacial score (nSPS) is 10.3. The summed E-state index contributed by atoms with van der Waals surface area (Å²) in [6.45, 7) is 0. The first kappa shape index (κ1) is 11.9. The minimum Gasteiger partial charge on any atom is -0.451 e. The molecule has 0 aromatic heterocycles. The standard InChI is InChI=1S/C12H8BrF2NO/c13-7-1-3-11(9(14)5-7)17-12-4-2-8(16)6-10(12)15/h1-6H,16H2. The maximum Gasteiger partial charge on any atom is 0.167 e. The van der Waals surface area contributed by atoms with Gasteiger partial charge in [0.1, 0.15) is 0 Å². The molecule has 2 N–H and O–H groups in total. The predicted octanol–water partition coefficient (Wildman–Crippen LogP) is 4.10. The van der Waals surface area contributed by atoms with Gasteiger partial charge in [0.05, 0.1) is 0 Å². The van der Waals surface area contributed by atoms with Gasteiger partial charge in [-0.25, -0.2) is 8.78 Å². The van der Waals surface area contributed by atoms with Crippen LogP contribution in [-0.2, 0) is 0 Å². The highest BCUT2D eigenvalue weighted by Gasteiger charge is 2.09. The molecule has 2 aromatic rings. The molecule has 0 radical (unpaired) electrons. The van der Waals surface area contributed by atoms with Crippen LogP contribution in [0.3, 0.4) is 0 Å². The van der Waals surface area contributed by atoms with Crippen LogP contribution in [0, 0.1) is 11.6 Å². The molecule has 0 fully saturated rings. The van der Waals surface area contributed by atoms with E-state index in [1.165, 1.54) is 24.3 Å². The van der Waals surface area contributed by atoms with E-state index in [2.05, 4.69) is 15.9 Å².